The zero-order valence-corrected chi connectivity index (χ0v) is 6.92. The van der Waals surface area contributed by atoms with Crippen molar-refractivity contribution in [2.24, 2.45) is 5.92 Å². The first-order chi connectivity index (χ1) is 4.66. The van der Waals surface area contributed by atoms with Gasteiger partial charge in [-0.3, -0.25) is 4.79 Å². The average molecular weight is 141 g/mol. The highest BCUT2D eigenvalue weighted by Gasteiger charge is 2.39. The molecule has 0 saturated heterocycles. The first kappa shape index (κ1) is 7.58. The van der Waals surface area contributed by atoms with E-state index in [2.05, 4.69) is 6.92 Å². The largest absolute Gasteiger partial charge is 0.343 e. The molecule has 0 bridgehead atoms. The Bertz CT molecular complexity index is 144. The highest BCUT2D eigenvalue weighted by Crippen LogP contribution is 2.37. The van der Waals surface area contributed by atoms with Gasteiger partial charge < -0.3 is 4.90 Å². The molecule has 1 aliphatic rings. The van der Waals surface area contributed by atoms with Crippen LogP contribution in [0.25, 0.3) is 0 Å². The van der Waals surface area contributed by atoms with Crippen molar-refractivity contribution < 1.29 is 4.79 Å². The van der Waals surface area contributed by atoms with Crippen molar-refractivity contribution in [2.45, 2.75) is 32.7 Å². The second-order valence-electron chi connectivity index (χ2n) is 3.10. The Hall–Kier alpha value is -0.530. The van der Waals surface area contributed by atoms with E-state index < -0.39 is 0 Å². The Labute approximate surface area is 62.2 Å². The Morgan fingerprint density at radius 2 is 2.30 bits per heavy atom. The lowest BCUT2D eigenvalue weighted by atomic mass is 10.3. The number of rotatable bonds is 2. The monoisotopic (exact) mass is 141 g/mol. The normalized spacial score (nSPS) is 29.9. The second kappa shape index (κ2) is 2.60. The zero-order valence-electron chi connectivity index (χ0n) is 6.92. The first-order valence-corrected chi connectivity index (χ1v) is 3.90. The summed E-state index contributed by atoms with van der Waals surface area (Å²) in [6.45, 7) is 3.81. The molecule has 0 spiro atoms. The van der Waals surface area contributed by atoms with Gasteiger partial charge in [0, 0.05) is 20.0 Å². The molecule has 2 unspecified atom stereocenters. The lowest BCUT2D eigenvalue weighted by Crippen LogP contribution is -2.27. The maximum absolute atomic E-state index is 10.8. The van der Waals surface area contributed by atoms with Crippen molar-refractivity contribution in [3.8, 4) is 0 Å². The third kappa shape index (κ3) is 1.31. The van der Waals surface area contributed by atoms with Crippen LogP contribution in [-0.2, 0) is 4.79 Å². The summed E-state index contributed by atoms with van der Waals surface area (Å²) in [5, 5.41) is 0. The summed E-state index contributed by atoms with van der Waals surface area (Å²) in [6, 6.07) is 0.558. The molecule has 1 rings (SSSR count). The third-order valence-corrected chi connectivity index (χ3v) is 2.40. The molecule has 1 aliphatic carbocycles. The molecule has 2 atom stereocenters. The number of carbonyl (C=O) groups is 1. The van der Waals surface area contributed by atoms with Crippen LogP contribution in [0.5, 0.6) is 0 Å². The van der Waals surface area contributed by atoms with Gasteiger partial charge >= 0.3 is 0 Å². The van der Waals surface area contributed by atoms with Crippen LogP contribution in [0.4, 0.5) is 0 Å². The summed E-state index contributed by atoms with van der Waals surface area (Å²) < 4.78 is 0. The summed E-state index contributed by atoms with van der Waals surface area (Å²) in [5.41, 5.74) is 0. The van der Waals surface area contributed by atoms with E-state index in [1.54, 1.807) is 6.92 Å². The molecule has 0 aromatic heterocycles. The minimum absolute atomic E-state index is 0.195. The molecule has 2 nitrogen and oxygen atoms in total. The molecule has 1 saturated carbocycles. The molecule has 1 fully saturated rings. The lowest BCUT2D eigenvalue weighted by molar-refractivity contribution is -0.128. The molecule has 58 valence electrons. The van der Waals surface area contributed by atoms with Gasteiger partial charge in [0.05, 0.1) is 0 Å². The molecule has 0 aromatic carbocycles. The topological polar surface area (TPSA) is 20.3 Å². The Kier molecular flexibility index (Phi) is 1.97. The van der Waals surface area contributed by atoms with Gasteiger partial charge in [-0.2, -0.15) is 0 Å². The first-order valence-electron chi connectivity index (χ1n) is 3.90. The molecule has 0 radical (unpaired) electrons. The van der Waals surface area contributed by atoms with Crippen LogP contribution in [0.3, 0.4) is 0 Å². The number of hydrogen-bond acceptors (Lipinski definition) is 1. The van der Waals surface area contributed by atoms with Gasteiger partial charge in [0.1, 0.15) is 0 Å². The highest BCUT2D eigenvalue weighted by atomic mass is 16.2. The molecule has 0 aromatic rings. The fraction of sp³-hybridized carbons (Fsp3) is 0.875. The second-order valence-corrected chi connectivity index (χ2v) is 3.10. The number of amides is 1. The molecule has 1 amide bonds. The fourth-order valence-corrected chi connectivity index (χ4v) is 1.38. The van der Waals surface area contributed by atoms with Gasteiger partial charge in [0.25, 0.3) is 0 Å². The average Bonchev–Trinajstić information content (AvgIpc) is 2.64. The van der Waals surface area contributed by atoms with E-state index in [4.69, 9.17) is 0 Å². The maximum atomic E-state index is 10.8. The Balaban J connectivity index is 2.32. The van der Waals surface area contributed by atoms with Crippen LogP contribution >= 0.6 is 0 Å². The van der Waals surface area contributed by atoms with Gasteiger partial charge in [-0.1, -0.05) is 13.3 Å². The smallest absolute Gasteiger partial charge is 0.219 e. The van der Waals surface area contributed by atoms with E-state index in [1.165, 1.54) is 12.8 Å². The van der Waals surface area contributed by atoms with Gasteiger partial charge in [0.15, 0.2) is 0 Å². The molecule has 0 N–H and O–H groups in total. The fourth-order valence-electron chi connectivity index (χ4n) is 1.38. The predicted molar refractivity (Wildman–Crippen MR) is 40.6 cm³/mol. The van der Waals surface area contributed by atoms with Gasteiger partial charge in [-0.25, -0.2) is 0 Å². The van der Waals surface area contributed by atoms with E-state index in [0.29, 0.717) is 6.04 Å². The molecular weight excluding hydrogens is 126 g/mol. The van der Waals surface area contributed by atoms with E-state index in [0.717, 1.165) is 5.92 Å². The van der Waals surface area contributed by atoms with Crippen molar-refractivity contribution in [2.75, 3.05) is 7.05 Å². The van der Waals surface area contributed by atoms with E-state index in [1.807, 2.05) is 11.9 Å². The van der Waals surface area contributed by atoms with Crippen LogP contribution in [-0.4, -0.2) is 23.9 Å². The molecule has 0 aliphatic heterocycles. The Morgan fingerprint density at radius 1 is 1.70 bits per heavy atom. The van der Waals surface area contributed by atoms with Crippen molar-refractivity contribution in [3.05, 3.63) is 0 Å². The van der Waals surface area contributed by atoms with Gasteiger partial charge in [-0.05, 0) is 12.3 Å². The Morgan fingerprint density at radius 3 is 2.60 bits per heavy atom. The minimum Gasteiger partial charge on any atom is -0.343 e. The summed E-state index contributed by atoms with van der Waals surface area (Å²) >= 11 is 0. The number of nitrogens with zero attached hydrogens (tertiary/aromatic N) is 1. The summed E-state index contributed by atoms with van der Waals surface area (Å²) in [4.78, 5) is 12.7. The molecular formula is C8H15NO. The highest BCUT2D eigenvalue weighted by molar-refractivity contribution is 5.73. The van der Waals surface area contributed by atoms with Crippen molar-refractivity contribution in [1.29, 1.82) is 0 Å². The summed E-state index contributed by atoms with van der Waals surface area (Å²) in [6.07, 6.45) is 2.43. The van der Waals surface area contributed by atoms with Gasteiger partial charge in [0.2, 0.25) is 5.91 Å². The summed E-state index contributed by atoms with van der Waals surface area (Å²) in [5.74, 6) is 0.981. The third-order valence-electron chi connectivity index (χ3n) is 2.40. The van der Waals surface area contributed by atoms with Crippen LogP contribution in [0.15, 0.2) is 0 Å². The van der Waals surface area contributed by atoms with E-state index >= 15 is 0 Å². The van der Waals surface area contributed by atoms with Gasteiger partial charge in [-0.15, -0.1) is 0 Å². The van der Waals surface area contributed by atoms with Crippen molar-refractivity contribution in [3.63, 3.8) is 0 Å². The molecule has 10 heavy (non-hydrogen) atoms. The predicted octanol–water partition coefficient (Wildman–Crippen LogP) is 1.26. The van der Waals surface area contributed by atoms with Crippen LogP contribution in [0.1, 0.15) is 26.7 Å². The SMILES string of the molecule is CCC1CC1N(C)C(C)=O. The van der Waals surface area contributed by atoms with Crippen LogP contribution < -0.4 is 0 Å². The number of carbonyl (C=O) groups excluding carboxylic acids is 1. The van der Waals surface area contributed by atoms with Crippen LogP contribution in [0, 0.1) is 5.92 Å². The van der Waals surface area contributed by atoms with E-state index in [9.17, 15) is 4.79 Å². The molecule has 2 heteroatoms. The maximum Gasteiger partial charge on any atom is 0.219 e. The van der Waals surface area contributed by atoms with Crippen LogP contribution in [0.2, 0.25) is 0 Å². The number of hydrogen-bond donors (Lipinski definition) is 0. The quantitative estimate of drug-likeness (QED) is 0.567. The van der Waals surface area contributed by atoms with Crippen molar-refractivity contribution in [1.82, 2.24) is 4.90 Å². The zero-order chi connectivity index (χ0) is 7.72. The lowest BCUT2D eigenvalue weighted by Gasteiger charge is -2.13. The summed E-state index contributed by atoms with van der Waals surface area (Å²) in [7, 11) is 1.89. The van der Waals surface area contributed by atoms with Crippen molar-refractivity contribution >= 4 is 5.91 Å². The standard InChI is InChI=1S/C8H15NO/c1-4-7-5-8(7)9(3)6(2)10/h7-8H,4-5H2,1-3H3. The van der Waals surface area contributed by atoms with E-state index in [-0.39, 0.29) is 5.91 Å². The minimum atomic E-state index is 0.195. The molecule has 0 heterocycles.